The van der Waals surface area contributed by atoms with Crippen molar-refractivity contribution in [2.45, 2.75) is 57.7 Å². The number of nitrogens with one attached hydrogen (secondary N) is 1. The fourth-order valence-electron chi connectivity index (χ4n) is 3.84. The van der Waals surface area contributed by atoms with E-state index in [0.717, 1.165) is 18.4 Å². The number of ether oxygens (including phenoxy) is 1. The fraction of sp³-hybridized carbons (Fsp3) is 0.667. The molecule has 0 radical (unpaired) electrons. The van der Waals surface area contributed by atoms with Crippen molar-refractivity contribution in [3.63, 3.8) is 0 Å². The van der Waals surface area contributed by atoms with Crippen LogP contribution in [0, 0.1) is 0 Å². The van der Waals surface area contributed by atoms with Gasteiger partial charge in [-0.05, 0) is 70.3 Å². The first-order valence-electron chi connectivity index (χ1n) is 8.49. The molecule has 3 heteroatoms. The lowest BCUT2D eigenvalue weighted by Gasteiger charge is -2.36. The van der Waals surface area contributed by atoms with E-state index in [-0.39, 0.29) is 0 Å². The molecule has 2 saturated heterocycles. The molecular formula is C18H28N2O. The van der Waals surface area contributed by atoms with Gasteiger partial charge < -0.3 is 15.0 Å². The van der Waals surface area contributed by atoms with E-state index in [4.69, 9.17) is 4.74 Å². The first kappa shape index (κ1) is 14.9. The number of hydrogen-bond donors (Lipinski definition) is 1. The van der Waals surface area contributed by atoms with Crippen LogP contribution >= 0.6 is 0 Å². The Balaban J connectivity index is 1.54. The van der Waals surface area contributed by atoms with E-state index in [1.54, 1.807) is 0 Å². The smallest absolute Gasteiger partial charge is 0.119 e. The van der Waals surface area contributed by atoms with Crippen molar-refractivity contribution in [2.24, 2.45) is 0 Å². The molecule has 0 spiro atoms. The topological polar surface area (TPSA) is 24.5 Å². The lowest BCUT2D eigenvalue weighted by molar-refractivity contribution is 0.162. The average Bonchev–Trinajstić information content (AvgIpc) is 2.96. The summed E-state index contributed by atoms with van der Waals surface area (Å²) in [5.74, 6) is 0.965. The van der Waals surface area contributed by atoms with Crippen molar-refractivity contribution in [1.82, 2.24) is 10.2 Å². The Hall–Kier alpha value is -1.06. The highest BCUT2D eigenvalue weighted by molar-refractivity contribution is 5.29. The fourth-order valence-corrected chi connectivity index (χ4v) is 3.84. The zero-order valence-corrected chi connectivity index (χ0v) is 13.3. The molecule has 2 fully saturated rings. The molecule has 2 aliphatic rings. The predicted molar refractivity (Wildman–Crippen MR) is 86.8 cm³/mol. The van der Waals surface area contributed by atoms with Crippen LogP contribution in [0.4, 0.5) is 0 Å². The van der Waals surface area contributed by atoms with Crippen LogP contribution in [0.3, 0.4) is 0 Å². The van der Waals surface area contributed by atoms with Crippen molar-refractivity contribution in [3.05, 3.63) is 29.8 Å². The van der Waals surface area contributed by atoms with Gasteiger partial charge >= 0.3 is 0 Å². The Morgan fingerprint density at radius 2 is 2.05 bits per heavy atom. The number of rotatable bonds is 5. The molecule has 0 saturated carbocycles. The zero-order valence-electron chi connectivity index (χ0n) is 13.3. The van der Waals surface area contributed by atoms with Gasteiger partial charge in [-0.3, -0.25) is 0 Å². The predicted octanol–water partition coefficient (Wildman–Crippen LogP) is 3.36. The molecule has 0 aliphatic carbocycles. The third-order valence-corrected chi connectivity index (χ3v) is 5.00. The van der Waals surface area contributed by atoms with Crippen LogP contribution in [0.2, 0.25) is 0 Å². The Bertz CT molecular complexity index is 445. The second-order valence-corrected chi connectivity index (χ2v) is 6.44. The molecule has 0 bridgehead atoms. The van der Waals surface area contributed by atoms with Gasteiger partial charge in [-0.25, -0.2) is 0 Å². The summed E-state index contributed by atoms with van der Waals surface area (Å²) in [5, 5.41) is 3.83. The number of benzene rings is 1. The summed E-state index contributed by atoms with van der Waals surface area (Å²) in [6.07, 6.45) is 5.40. The molecule has 21 heavy (non-hydrogen) atoms. The minimum atomic E-state index is 0.415. The molecule has 0 amide bonds. The van der Waals surface area contributed by atoms with Gasteiger partial charge in [0, 0.05) is 18.1 Å². The van der Waals surface area contributed by atoms with Gasteiger partial charge in [0.2, 0.25) is 0 Å². The molecule has 2 aliphatic heterocycles. The monoisotopic (exact) mass is 288 g/mol. The van der Waals surface area contributed by atoms with Crippen LogP contribution in [-0.2, 0) is 0 Å². The maximum absolute atomic E-state index is 5.51. The summed E-state index contributed by atoms with van der Waals surface area (Å²) in [6.45, 7) is 7.63. The van der Waals surface area contributed by atoms with Crippen LogP contribution in [0.25, 0.3) is 0 Å². The molecule has 3 atom stereocenters. The van der Waals surface area contributed by atoms with Crippen LogP contribution in [0.15, 0.2) is 24.3 Å². The van der Waals surface area contributed by atoms with Crippen LogP contribution in [-0.4, -0.2) is 36.7 Å². The average molecular weight is 288 g/mol. The van der Waals surface area contributed by atoms with Crippen molar-refractivity contribution >= 4 is 0 Å². The number of fused-ring (bicyclic) bond motifs is 1. The third kappa shape index (κ3) is 3.58. The Morgan fingerprint density at radius 3 is 2.81 bits per heavy atom. The summed E-state index contributed by atoms with van der Waals surface area (Å²) < 4.78 is 5.51. The van der Waals surface area contributed by atoms with Crippen LogP contribution in [0.1, 0.15) is 51.1 Å². The van der Waals surface area contributed by atoms with Crippen LogP contribution < -0.4 is 10.1 Å². The zero-order chi connectivity index (χ0) is 14.7. The van der Waals surface area contributed by atoms with E-state index in [2.05, 4.69) is 41.4 Å². The third-order valence-electron chi connectivity index (χ3n) is 5.00. The number of nitrogens with zero attached hydrogens (tertiary/aromatic N) is 1. The highest BCUT2D eigenvalue weighted by Gasteiger charge is 2.31. The van der Waals surface area contributed by atoms with Gasteiger partial charge in [0.15, 0.2) is 0 Å². The van der Waals surface area contributed by atoms with Gasteiger partial charge in [-0.2, -0.15) is 0 Å². The Labute approximate surface area is 128 Å². The van der Waals surface area contributed by atoms with E-state index >= 15 is 0 Å². The Kier molecular flexibility index (Phi) is 4.81. The second-order valence-electron chi connectivity index (χ2n) is 6.44. The van der Waals surface area contributed by atoms with Crippen molar-refractivity contribution in [3.8, 4) is 5.75 Å². The maximum atomic E-state index is 5.51. The molecule has 2 heterocycles. The van der Waals surface area contributed by atoms with Crippen LogP contribution in [0.5, 0.6) is 5.75 Å². The van der Waals surface area contributed by atoms with Gasteiger partial charge in [-0.1, -0.05) is 12.1 Å². The van der Waals surface area contributed by atoms with Crippen molar-refractivity contribution in [1.29, 1.82) is 0 Å². The summed E-state index contributed by atoms with van der Waals surface area (Å²) in [7, 11) is 0. The number of piperidine rings is 1. The molecular weight excluding hydrogens is 260 g/mol. The summed E-state index contributed by atoms with van der Waals surface area (Å²) in [4.78, 5) is 2.68. The van der Waals surface area contributed by atoms with E-state index in [1.165, 1.54) is 44.3 Å². The highest BCUT2D eigenvalue weighted by Crippen LogP contribution is 2.28. The Morgan fingerprint density at radius 1 is 1.24 bits per heavy atom. The molecule has 116 valence electrons. The standard InChI is InChI=1S/C18H28N2O/c1-3-21-18-8-6-15(7-9-18)14(2)19-16-10-12-20-11-4-5-17(20)13-16/h6-9,14,16-17,19H,3-5,10-13H2,1-2H3. The molecule has 3 rings (SSSR count). The second kappa shape index (κ2) is 6.80. The first-order chi connectivity index (χ1) is 10.3. The highest BCUT2D eigenvalue weighted by atomic mass is 16.5. The van der Waals surface area contributed by atoms with Crippen molar-refractivity contribution < 1.29 is 4.74 Å². The van der Waals surface area contributed by atoms with Crippen molar-refractivity contribution in [2.75, 3.05) is 19.7 Å². The minimum Gasteiger partial charge on any atom is -0.494 e. The molecule has 3 nitrogen and oxygen atoms in total. The van der Waals surface area contributed by atoms with Gasteiger partial charge in [0.05, 0.1) is 6.61 Å². The SMILES string of the molecule is CCOc1ccc(C(C)NC2CCN3CCCC3C2)cc1. The van der Waals surface area contributed by atoms with Gasteiger partial charge in [-0.15, -0.1) is 0 Å². The van der Waals surface area contributed by atoms with E-state index in [1.807, 2.05) is 6.92 Å². The summed E-state index contributed by atoms with van der Waals surface area (Å²) in [6, 6.07) is 10.5. The summed E-state index contributed by atoms with van der Waals surface area (Å²) in [5.41, 5.74) is 1.35. The lowest BCUT2D eigenvalue weighted by Crippen LogP contribution is -2.46. The van der Waals surface area contributed by atoms with Gasteiger partial charge in [0.25, 0.3) is 0 Å². The minimum absolute atomic E-state index is 0.415. The first-order valence-corrected chi connectivity index (χ1v) is 8.49. The quantitative estimate of drug-likeness (QED) is 0.899. The van der Waals surface area contributed by atoms with E-state index < -0.39 is 0 Å². The number of hydrogen-bond acceptors (Lipinski definition) is 3. The largest absolute Gasteiger partial charge is 0.494 e. The molecule has 0 aromatic heterocycles. The molecule has 3 unspecified atom stereocenters. The summed E-state index contributed by atoms with van der Waals surface area (Å²) >= 11 is 0. The van der Waals surface area contributed by atoms with E-state index in [0.29, 0.717) is 12.1 Å². The normalized spacial score (nSPS) is 27.3. The van der Waals surface area contributed by atoms with E-state index in [9.17, 15) is 0 Å². The lowest BCUT2D eigenvalue weighted by atomic mass is 9.96. The molecule has 1 aromatic rings. The molecule has 1 aromatic carbocycles. The maximum Gasteiger partial charge on any atom is 0.119 e. The van der Waals surface area contributed by atoms with Gasteiger partial charge in [0.1, 0.15) is 5.75 Å². The molecule has 1 N–H and O–H groups in total.